The van der Waals surface area contributed by atoms with Gasteiger partial charge < -0.3 is 15.1 Å². The Morgan fingerprint density at radius 3 is 2.21 bits per heavy atom. The van der Waals surface area contributed by atoms with Crippen LogP contribution in [0.3, 0.4) is 0 Å². The second kappa shape index (κ2) is 7.64. The molecule has 0 bridgehead atoms. The highest BCUT2D eigenvalue weighted by Crippen LogP contribution is 2.39. The molecule has 1 amide bonds. The third kappa shape index (κ3) is 3.64. The van der Waals surface area contributed by atoms with Crippen LogP contribution in [0.5, 0.6) is 0 Å². The van der Waals surface area contributed by atoms with Gasteiger partial charge in [-0.05, 0) is 24.6 Å². The van der Waals surface area contributed by atoms with Gasteiger partial charge in [0.05, 0.1) is 18.0 Å². The minimum atomic E-state index is -1.13. The van der Waals surface area contributed by atoms with Gasteiger partial charge in [-0.25, -0.2) is 4.39 Å². The Morgan fingerprint density at radius 1 is 1.04 bits per heavy atom. The molecule has 0 aliphatic carbocycles. The minimum Gasteiger partial charge on any atom is -0.507 e. The summed E-state index contributed by atoms with van der Waals surface area (Å²) in [6.07, 6.45) is -0.366. The Bertz CT molecular complexity index is 963. The lowest BCUT2D eigenvalue weighted by atomic mass is 9.95. The molecule has 1 atom stereocenters. The van der Waals surface area contributed by atoms with E-state index in [4.69, 9.17) is 5.11 Å². The van der Waals surface area contributed by atoms with Gasteiger partial charge in [0.1, 0.15) is 11.6 Å². The van der Waals surface area contributed by atoms with Crippen LogP contribution in [-0.4, -0.2) is 39.3 Å². The summed E-state index contributed by atoms with van der Waals surface area (Å²) in [4.78, 5) is 37.3. The second-order valence-electron chi connectivity index (χ2n) is 6.55. The highest BCUT2D eigenvalue weighted by Gasteiger charge is 2.46. The Morgan fingerprint density at radius 2 is 1.64 bits per heavy atom. The number of Topliss-reactive ketones (excluding diaryl/α,β-unsaturated/α-hetero) is 1. The van der Waals surface area contributed by atoms with Gasteiger partial charge in [-0.2, -0.15) is 0 Å². The number of halogens is 1. The van der Waals surface area contributed by atoms with Gasteiger partial charge in [0.2, 0.25) is 0 Å². The van der Waals surface area contributed by atoms with Crippen molar-refractivity contribution in [2.24, 2.45) is 0 Å². The SMILES string of the molecule is Cc1ccc(C(O)=C2C(=O)C(=O)N(CCC(=O)O)[C@H]2c2ccc(F)cc2)cc1. The topological polar surface area (TPSA) is 94.9 Å². The zero-order chi connectivity index (χ0) is 20.4. The van der Waals surface area contributed by atoms with Crippen LogP contribution in [0.25, 0.3) is 5.76 Å². The molecule has 0 spiro atoms. The normalized spacial score (nSPS) is 18.5. The maximum atomic E-state index is 13.3. The summed E-state index contributed by atoms with van der Waals surface area (Å²) in [5.74, 6) is -3.78. The number of ketones is 1. The molecule has 2 N–H and O–H groups in total. The van der Waals surface area contributed by atoms with E-state index in [1.807, 2.05) is 6.92 Å². The van der Waals surface area contributed by atoms with Crippen LogP contribution in [0.1, 0.15) is 29.2 Å². The van der Waals surface area contributed by atoms with Crippen molar-refractivity contribution in [1.29, 1.82) is 0 Å². The lowest BCUT2D eigenvalue weighted by Crippen LogP contribution is -2.31. The van der Waals surface area contributed by atoms with Crippen molar-refractivity contribution >= 4 is 23.4 Å². The molecule has 1 aliphatic rings. The number of carbonyl (C=O) groups is 3. The molecule has 6 nitrogen and oxygen atoms in total. The lowest BCUT2D eigenvalue weighted by Gasteiger charge is -2.24. The van der Waals surface area contributed by atoms with Gasteiger partial charge in [-0.15, -0.1) is 0 Å². The summed E-state index contributed by atoms with van der Waals surface area (Å²) in [7, 11) is 0. The molecule has 0 aromatic heterocycles. The van der Waals surface area contributed by atoms with Crippen LogP contribution in [0.15, 0.2) is 54.1 Å². The monoisotopic (exact) mass is 383 g/mol. The summed E-state index contributed by atoms with van der Waals surface area (Å²) in [5, 5.41) is 19.7. The lowest BCUT2D eigenvalue weighted by molar-refractivity contribution is -0.142. The van der Waals surface area contributed by atoms with Gasteiger partial charge in [0.25, 0.3) is 11.7 Å². The van der Waals surface area contributed by atoms with Crippen LogP contribution in [0.2, 0.25) is 0 Å². The van der Waals surface area contributed by atoms with Gasteiger partial charge in [0, 0.05) is 12.1 Å². The Kier molecular flexibility index (Phi) is 5.26. The van der Waals surface area contributed by atoms with E-state index in [2.05, 4.69) is 0 Å². The van der Waals surface area contributed by atoms with Crippen LogP contribution in [0.4, 0.5) is 4.39 Å². The minimum absolute atomic E-state index is 0.147. The van der Waals surface area contributed by atoms with Crippen molar-refractivity contribution in [2.75, 3.05) is 6.54 Å². The predicted molar refractivity (Wildman–Crippen MR) is 98.8 cm³/mol. The first-order chi connectivity index (χ1) is 13.3. The number of likely N-dealkylation sites (tertiary alicyclic amines) is 1. The van der Waals surface area contributed by atoms with E-state index < -0.39 is 29.5 Å². The number of nitrogens with zero attached hydrogens (tertiary/aromatic N) is 1. The fraction of sp³-hybridized carbons (Fsp3) is 0.190. The molecule has 3 rings (SSSR count). The fourth-order valence-corrected chi connectivity index (χ4v) is 3.19. The zero-order valence-corrected chi connectivity index (χ0v) is 15.1. The number of hydrogen-bond acceptors (Lipinski definition) is 4. The Labute approximate surface area is 160 Å². The van der Waals surface area contributed by atoms with Gasteiger partial charge >= 0.3 is 5.97 Å². The zero-order valence-electron chi connectivity index (χ0n) is 15.1. The predicted octanol–water partition coefficient (Wildman–Crippen LogP) is 3.03. The quantitative estimate of drug-likeness (QED) is 0.470. The van der Waals surface area contributed by atoms with Gasteiger partial charge in [-0.1, -0.05) is 42.0 Å². The smallest absolute Gasteiger partial charge is 0.305 e. The highest BCUT2D eigenvalue weighted by molar-refractivity contribution is 6.46. The summed E-state index contributed by atoms with van der Waals surface area (Å²) in [6, 6.07) is 10.9. The third-order valence-electron chi connectivity index (χ3n) is 4.62. The van der Waals surface area contributed by atoms with Crippen LogP contribution in [0, 0.1) is 12.7 Å². The number of hydrogen-bond donors (Lipinski definition) is 2. The molecular weight excluding hydrogens is 365 g/mol. The first kappa shape index (κ1) is 19.3. The number of rotatable bonds is 5. The van der Waals surface area contributed by atoms with Crippen LogP contribution >= 0.6 is 0 Å². The first-order valence-electron chi connectivity index (χ1n) is 8.62. The standard InChI is InChI=1S/C21H18FNO5/c1-12-2-4-14(5-3-12)19(26)17-18(13-6-8-15(22)9-7-13)23(11-10-16(24)25)21(28)20(17)27/h2-9,18,26H,10-11H2,1H3,(H,24,25)/t18-/m0/s1. The second-order valence-corrected chi connectivity index (χ2v) is 6.55. The number of aliphatic hydroxyl groups is 1. The average molecular weight is 383 g/mol. The number of carbonyl (C=O) groups excluding carboxylic acids is 2. The third-order valence-corrected chi connectivity index (χ3v) is 4.62. The summed E-state index contributed by atoms with van der Waals surface area (Å²) >= 11 is 0. The maximum absolute atomic E-state index is 13.3. The highest BCUT2D eigenvalue weighted by atomic mass is 19.1. The van der Waals surface area contributed by atoms with Crippen molar-refractivity contribution in [2.45, 2.75) is 19.4 Å². The van der Waals surface area contributed by atoms with Gasteiger partial charge in [-0.3, -0.25) is 14.4 Å². The molecule has 0 unspecified atom stereocenters. The van der Waals surface area contributed by atoms with Crippen LogP contribution in [-0.2, 0) is 14.4 Å². The van der Waals surface area contributed by atoms with Gasteiger partial charge in [0.15, 0.2) is 0 Å². The van der Waals surface area contributed by atoms with E-state index in [0.717, 1.165) is 10.5 Å². The van der Waals surface area contributed by atoms with E-state index in [1.165, 1.54) is 24.3 Å². The molecule has 0 radical (unpaired) electrons. The van der Waals surface area contributed by atoms with Crippen molar-refractivity contribution in [3.05, 3.63) is 76.6 Å². The van der Waals surface area contributed by atoms with Crippen molar-refractivity contribution in [1.82, 2.24) is 4.90 Å². The Balaban J connectivity index is 2.14. The molecule has 0 saturated carbocycles. The van der Waals surface area contributed by atoms with E-state index in [1.54, 1.807) is 24.3 Å². The molecule has 7 heteroatoms. The summed E-state index contributed by atoms with van der Waals surface area (Å²) in [5.41, 5.74) is 1.56. The largest absolute Gasteiger partial charge is 0.507 e. The molecule has 144 valence electrons. The first-order valence-corrected chi connectivity index (χ1v) is 8.62. The van der Waals surface area contributed by atoms with E-state index in [9.17, 15) is 23.9 Å². The number of carboxylic acid groups (broad SMARTS) is 1. The molecule has 1 fully saturated rings. The average Bonchev–Trinajstić information content (AvgIpc) is 2.91. The van der Waals surface area contributed by atoms with E-state index >= 15 is 0 Å². The van der Waals surface area contributed by atoms with E-state index in [-0.39, 0.29) is 24.3 Å². The molecule has 28 heavy (non-hydrogen) atoms. The van der Waals surface area contributed by atoms with Crippen LogP contribution < -0.4 is 0 Å². The molecular formula is C21H18FNO5. The number of aliphatic carboxylic acids is 1. The molecule has 1 saturated heterocycles. The number of amides is 1. The number of aliphatic hydroxyl groups excluding tert-OH is 1. The molecule has 1 heterocycles. The van der Waals surface area contributed by atoms with E-state index in [0.29, 0.717) is 11.1 Å². The summed E-state index contributed by atoms with van der Waals surface area (Å²) in [6.45, 7) is 1.65. The number of carboxylic acids is 1. The molecule has 1 aliphatic heterocycles. The number of aryl methyl sites for hydroxylation is 1. The van der Waals surface area contributed by atoms with Crippen molar-refractivity contribution in [3.63, 3.8) is 0 Å². The molecule has 2 aromatic rings. The van der Waals surface area contributed by atoms with Crippen molar-refractivity contribution < 1.29 is 29.0 Å². The maximum Gasteiger partial charge on any atom is 0.305 e. The Hall–Kier alpha value is -3.48. The fourth-order valence-electron chi connectivity index (χ4n) is 3.19. The summed E-state index contributed by atoms with van der Waals surface area (Å²) < 4.78 is 13.3. The molecule has 2 aromatic carbocycles. The number of benzene rings is 2. The van der Waals surface area contributed by atoms with Crippen molar-refractivity contribution in [3.8, 4) is 0 Å².